The second-order valence-corrected chi connectivity index (χ2v) is 4.38. The third-order valence-electron chi connectivity index (χ3n) is 2.96. The van der Waals surface area contributed by atoms with E-state index in [1.54, 1.807) is 19.2 Å². The van der Waals surface area contributed by atoms with Gasteiger partial charge in [0.2, 0.25) is 0 Å². The second kappa shape index (κ2) is 6.21. The lowest BCUT2D eigenvalue weighted by molar-refractivity contribution is 0.0996. The SMILES string of the molecule is COc1ccc(CNc2cc(C(N)=O)c(F)cc2F)cc1. The smallest absolute Gasteiger partial charge is 0.251 e. The highest BCUT2D eigenvalue weighted by Gasteiger charge is 2.13. The van der Waals surface area contributed by atoms with Crippen molar-refractivity contribution in [3.05, 3.63) is 59.2 Å². The van der Waals surface area contributed by atoms with Crippen molar-refractivity contribution in [3.8, 4) is 5.75 Å². The molecule has 0 bridgehead atoms. The Bertz CT molecular complexity index is 657. The Hall–Kier alpha value is -2.63. The molecule has 0 unspecified atom stereocenters. The zero-order chi connectivity index (χ0) is 15.4. The van der Waals surface area contributed by atoms with Gasteiger partial charge in [-0.15, -0.1) is 0 Å². The molecule has 0 spiro atoms. The molecule has 0 aliphatic rings. The van der Waals surface area contributed by atoms with Crippen molar-refractivity contribution >= 4 is 11.6 Å². The molecule has 2 aromatic carbocycles. The highest BCUT2D eigenvalue weighted by atomic mass is 19.1. The number of amides is 1. The van der Waals surface area contributed by atoms with Gasteiger partial charge in [-0.3, -0.25) is 4.79 Å². The predicted octanol–water partition coefficient (Wildman–Crippen LogP) is 2.68. The Morgan fingerprint density at radius 3 is 2.43 bits per heavy atom. The van der Waals surface area contributed by atoms with Gasteiger partial charge in [-0.25, -0.2) is 8.78 Å². The number of carbonyl (C=O) groups is 1. The lowest BCUT2D eigenvalue weighted by atomic mass is 10.1. The first-order valence-corrected chi connectivity index (χ1v) is 6.17. The molecule has 1 amide bonds. The van der Waals surface area contributed by atoms with Crippen LogP contribution in [0.5, 0.6) is 5.75 Å². The summed E-state index contributed by atoms with van der Waals surface area (Å²) in [5.74, 6) is -2.00. The van der Waals surface area contributed by atoms with Crippen molar-refractivity contribution in [1.82, 2.24) is 0 Å². The van der Waals surface area contributed by atoms with E-state index in [2.05, 4.69) is 5.32 Å². The Morgan fingerprint density at radius 2 is 1.86 bits per heavy atom. The molecule has 6 heteroatoms. The molecule has 2 rings (SSSR count). The fourth-order valence-electron chi connectivity index (χ4n) is 1.81. The van der Waals surface area contributed by atoms with E-state index in [-0.39, 0.29) is 11.3 Å². The molecular formula is C15H14F2N2O2. The average Bonchev–Trinajstić information content (AvgIpc) is 2.46. The van der Waals surface area contributed by atoms with E-state index in [4.69, 9.17) is 10.5 Å². The van der Waals surface area contributed by atoms with Crippen molar-refractivity contribution in [2.24, 2.45) is 5.73 Å². The molecular weight excluding hydrogens is 278 g/mol. The van der Waals surface area contributed by atoms with E-state index in [1.807, 2.05) is 12.1 Å². The summed E-state index contributed by atoms with van der Waals surface area (Å²) < 4.78 is 32.0. The molecule has 0 atom stereocenters. The zero-order valence-electron chi connectivity index (χ0n) is 11.3. The number of nitrogens with one attached hydrogen (secondary N) is 1. The quantitative estimate of drug-likeness (QED) is 0.890. The largest absolute Gasteiger partial charge is 0.497 e. The molecule has 21 heavy (non-hydrogen) atoms. The third kappa shape index (κ3) is 3.47. The van der Waals surface area contributed by atoms with E-state index >= 15 is 0 Å². The standard InChI is InChI=1S/C15H14F2N2O2/c1-21-10-4-2-9(3-5-10)8-19-14-6-11(15(18)20)12(16)7-13(14)17/h2-7,19H,8H2,1H3,(H2,18,20). The number of rotatable bonds is 5. The topological polar surface area (TPSA) is 64.3 Å². The van der Waals surface area contributed by atoms with Crippen molar-refractivity contribution in [2.75, 3.05) is 12.4 Å². The zero-order valence-corrected chi connectivity index (χ0v) is 11.3. The summed E-state index contributed by atoms with van der Waals surface area (Å²) in [6.45, 7) is 0.310. The van der Waals surface area contributed by atoms with Crippen LogP contribution >= 0.6 is 0 Å². The minimum atomic E-state index is -0.977. The van der Waals surface area contributed by atoms with Crippen molar-refractivity contribution in [2.45, 2.75) is 6.54 Å². The fraction of sp³-hybridized carbons (Fsp3) is 0.133. The summed E-state index contributed by atoms with van der Waals surface area (Å²) in [6, 6.07) is 8.86. The van der Waals surface area contributed by atoms with Gasteiger partial charge in [-0.05, 0) is 23.8 Å². The van der Waals surface area contributed by atoms with Crippen LogP contribution in [0.15, 0.2) is 36.4 Å². The van der Waals surface area contributed by atoms with E-state index in [0.29, 0.717) is 18.4 Å². The lowest BCUT2D eigenvalue weighted by Gasteiger charge is -2.10. The van der Waals surface area contributed by atoms with Gasteiger partial charge in [0.05, 0.1) is 18.4 Å². The van der Waals surface area contributed by atoms with Crippen molar-refractivity contribution < 1.29 is 18.3 Å². The average molecular weight is 292 g/mol. The molecule has 4 nitrogen and oxygen atoms in total. The van der Waals surface area contributed by atoms with E-state index in [9.17, 15) is 13.6 Å². The summed E-state index contributed by atoms with van der Waals surface area (Å²) in [5, 5.41) is 2.80. The number of halogens is 2. The number of methoxy groups -OCH3 is 1. The van der Waals surface area contributed by atoms with Crippen LogP contribution in [-0.4, -0.2) is 13.0 Å². The Labute approximate surface area is 120 Å². The van der Waals surface area contributed by atoms with Gasteiger partial charge >= 0.3 is 0 Å². The van der Waals surface area contributed by atoms with Gasteiger partial charge in [0, 0.05) is 12.6 Å². The van der Waals surface area contributed by atoms with Crippen LogP contribution in [0, 0.1) is 11.6 Å². The van der Waals surface area contributed by atoms with Gasteiger partial charge in [-0.2, -0.15) is 0 Å². The molecule has 0 aliphatic heterocycles. The number of anilines is 1. The molecule has 2 aromatic rings. The molecule has 3 N–H and O–H groups in total. The van der Waals surface area contributed by atoms with Crippen LogP contribution in [0.2, 0.25) is 0 Å². The van der Waals surface area contributed by atoms with Gasteiger partial charge in [0.1, 0.15) is 17.4 Å². The third-order valence-corrected chi connectivity index (χ3v) is 2.96. The summed E-state index contributed by atoms with van der Waals surface area (Å²) in [7, 11) is 1.56. The maximum absolute atomic E-state index is 13.6. The Kier molecular flexibility index (Phi) is 4.37. The predicted molar refractivity (Wildman–Crippen MR) is 75.2 cm³/mol. The maximum Gasteiger partial charge on any atom is 0.251 e. The Balaban J connectivity index is 2.15. The first-order chi connectivity index (χ1) is 10.0. The molecule has 0 aliphatic carbocycles. The van der Waals surface area contributed by atoms with Gasteiger partial charge < -0.3 is 15.8 Å². The summed E-state index contributed by atoms with van der Waals surface area (Å²) in [5.41, 5.74) is 5.57. The van der Waals surface area contributed by atoms with Crippen LogP contribution < -0.4 is 15.8 Å². The van der Waals surface area contributed by atoms with E-state index in [0.717, 1.165) is 11.6 Å². The molecule has 0 aromatic heterocycles. The normalized spacial score (nSPS) is 10.2. The van der Waals surface area contributed by atoms with Gasteiger partial charge in [-0.1, -0.05) is 12.1 Å². The van der Waals surface area contributed by atoms with Crippen molar-refractivity contribution in [1.29, 1.82) is 0 Å². The highest BCUT2D eigenvalue weighted by Crippen LogP contribution is 2.20. The number of benzene rings is 2. The second-order valence-electron chi connectivity index (χ2n) is 4.38. The van der Waals surface area contributed by atoms with Gasteiger partial charge in [0.25, 0.3) is 5.91 Å². The Morgan fingerprint density at radius 1 is 1.19 bits per heavy atom. The molecule has 0 fully saturated rings. The lowest BCUT2D eigenvalue weighted by Crippen LogP contribution is -2.14. The summed E-state index contributed by atoms with van der Waals surface area (Å²) in [6.07, 6.45) is 0. The number of hydrogen-bond acceptors (Lipinski definition) is 3. The maximum atomic E-state index is 13.6. The molecule has 0 saturated heterocycles. The van der Waals surface area contributed by atoms with E-state index < -0.39 is 17.5 Å². The minimum Gasteiger partial charge on any atom is -0.497 e. The van der Waals surface area contributed by atoms with Crippen LogP contribution in [-0.2, 0) is 6.54 Å². The molecule has 0 radical (unpaired) electrons. The molecule has 110 valence electrons. The van der Waals surface area contributed by atoms with Crippen LogP contribution in [0.3, 0.4) is 0 Å². The highest BCUT2D eigenvalue weighted by molar-refractivity contribution is 5.94. The number of hydrogen-bond donors (Lipinski definition) is 2. The van der Waals surface area contributed by atoms with Crippen molar-refractivity contribution in [3.63, 3.8) is 0 Å². The fourth-order valence-corrected chi connectivity index (χ4v) is 1.81. The summed E-state index contributed by atoms with van der Waals surface area (Å²) >= 11 is 0. The molecule has 0 heterocycles. The number of carbonyl (C=O) groups excluding carboxylic acids is 1. The summed E-state index contributed by atoms with van der Waals surface area (Å²) in [4.78, 5) is 11.0. The van der Waals surface area contributed by atoms with Crippen LogP contribution in [0.1, 0.15) is 15.9 Å². The molecule has 0 saturated carbocycles. The number of primary amides is 1. The first-order valence-electron chi connectivity index (χ1n) is 6.17. The van der Waals surface area contributed by atoms with E-state index in [1.165, 1.54) is 0 Å². The monoisotopic (exact) mass is 292 g/mol. The van der Waals surface area contributed by atoms with Gasteiger partial charge in [0.15, 0.2) is 0 Å². The minimum absolute atomic E-state index is 0.0148. The first kappa shape index (κ1) is 14.8. The van der Waals surface area contributed by atoms with Crippen LogP contribution in [0.25, 0.3) is 0 Å². The number of nitrogens with two attached hydrogens (primary N) is 1. The number of ether oxygens (including phenoxy) is 1. The van der Waals surface area contributed by atoms with Crippen LogP contribution in [0.4, 0.5) is 14.5 Å².